The molecule has 0 aromatic carbocycles. The Labute approximate surface area is 79.9 Å². The number of thioether (sulfide) groups is 2. The van der Waals surface area contributed by atoms with Gasteiger partial charge < -0.3 is 0 Å². The standard InChI is InChI=1S/C8H8N2S2/c1-6-2-3-9-7(4-6)10-8-11-5-12-8/h2-4H,5H2,1H3. The highest BCUT2D eigenvalue weighted by Crippen LogP contribution is 2.34. The van der Waals surface area contributed by atoms with Crippen LogP contribution in [0.2, 0.25) is 0 Å². The Morgan fingerprint density at radius 3 is 2.92 bits per heavy atom. The van der Waals surface area contributed by atoms with Gasteiger partial charge in [0.2, 0.25) is 0 Å². The molecule has 2 nitrogen and oxygen atoms in total. The molecule has 1 aromatic heterocycles. The molecule has 1 aromatic rings. The Kier molecular flexibility index (Phi) is 2.37. The third kappa shape index (κ3) is 1.81. The second-order valence-corrected chi connectivity index (χ2v) is 5.03. The Hall–Kier alpha value is -0.480. The van der Waals surface area contributed by atoms with Gasteiger partial charge in [-0.2, -0.15) is 0 Å². The van der Waals surface area contributed by atoms with E-state index in [2.05, 4.69) is 9.98 Å². The first-order valence-corrected chi connectivity index (χ1v) is 5.59. The topological polar surface area (TPSA) is 25.2 Å². The summed E-state index contributed by atoms with van der Waals surface area (Å²) < 4.78 is 1.13. The first-order valence-electron chi connectivity index (χ1n) is 3.61. The Morgan fingerprint density at radius 2 is 2.33 bits per heavy atom. The van der Waals surface area contributed by atoms with Crippen LogP contribution in [0.4, 0.5) is 5.82 Å². The summed E-state index contributed by atoms with van der Waals surface area (Å²) in [5.41, 5.74) is 1.21. The monoisotopic (exact) mass is 196 g/mol. The molecule has 0 N–H and O–H groups in total. The Balaban J connectivity index is 2.22. The lowest BCUT2D eigenvalue weighted by Crippen LogP contribution is -1.97. The van der Waals surface area contributed by atoms with E-state index in [0.717, 1.165) is 15.3 Å². The number of aromatic nitrogens is 1. The van der Waals surface area contributed by atoms with Crippen LogP contribution in [0.25, 0.3) is 0 Å². The van der Waals surface area contributed by atoms with E-state index in [1.165, 1.54) is 5.56 Å². The molecule has 12 heavy (non-hydrogen) atoms. The first-order chi connectivity index (χ1) is 5.84. The SMILES string of the molecule is Cc1ccnc(N=C2SCS2)c1. The van der Waals surface area contributed by atoms with Crippen molar-refractivity contribution in [3.05, 3.63) is 23.9 Å². The van der Waals surface area contributed by atoms with E-state index in [9.17, 15) is 0 Å². The zero-order valence-electron chi connectivity index (χ0n) is 6.65. The summed E-state index contributed by atoms with van der Waals surface area (Å²) in [5, 5.41) is 1.13. The minimum atomic E-state index is 0.824. The second kappa shape index (κ2) is 3.49. The van der Waals surface area contributed by atoms with E-state index in [4.69, 9.17) is 0 Å². The zero-order chi connectivity index (χ0) is 8.39. The van der Waals surface area contributed by atoms with Gasteiger partial charge in [-0.05, 0) is 24.6 Å². The van der Waals surface area contributed by atoms with Gasteiger partial charge in [0.25, 0.3) is 0 Å². The maximum Gasteiger partial charge on any atom is 0.153 e. The summed E-state index contributed by atoms with van der Waals surface area (Å²) in [6.07, 6.45) is 1.79. The van der Waals surface area contributed by atoms with Crippen molar-refractivity contribution >= 4 is 33.7 Å². The summed E-state index contributed by atoms with van der Waals surface area (Å²) in [5.74, 6) is 0.824. The lowest BCUT2D eigenvalue weighted by atomic mass is 10.3. The molecule has 0 aliphatic carbocycles. The average Bonchev–Trinajstić information content (AvgIpc) is 1.97. The van der Waals surface area contributed by atoms with Crippen LogP contribution in [0, 0.1) is 6.92 Å². The van der Waals surface area contributed by atoms with Crippen LogP contribution in [0.3, 0.4) is 0 Å². The number of aryl methyl sites for hydroxylation is 1. The minimum absolute atomic E-state index is 0.824. The smallest absolute Gasteiger partial charge is 0.153 e. The maximum atomic E-state index is 4.36. The molecule has 1 aliphatic heterocycles. The zero-order valence-corrected chi connectivity index (χ0v) is 8.28. The molecule has 0 radical (unpaired) electrons. The Bertz CT molecular complexity index is 317. The number of nitrogens with zero attached hydrogens (tertiary/aromatic N) is 2. The highest BCUT2D eigenvalue weighted by Gasteiger charge is 2.11. The summed E-state index contributed by atoms with van der Waals surface area (Å²) in [6, 6.07) is 3.97. The van der Waals surface area contributed by atoms with Crippen molar-refractivity contribution in [2.75, 3.05) is 5.08 Å². The highest BCUT2D eigenvalue weighted by molar-refractivity contribution is 8.52. The molecule has 0 saturated carbocycles. The number of hydrogen-bond acceptors (Lipinski definition) is 4. The summed E-state index contributed by atoms with van der Waals surface area (Å²) in [4.78, 5) is 8.50. The van der Waals surface area contributed by atoms with Crippen molar-refractivity contribution in [3.63, 3.8) is 0 Å². The normalized spacial score (nSPS) is 15.6. The van der Waals surface area contributed by atoms with Gasteiger partial charge in [0, 0.05) is 6.20 Å². The van der Waals surface area contributed by atoms with Crippen LogP contribution in [0.15, 0.2) is 23.3 Å². The van der Waals surface area contributed by atoms with Crippen molar-refractivity contribution in [1.29, 1.82) is 0 Å². The molecule has 0 unspecified atom stereocenters. The summed E-state index contributed by atoms with van der Waals surface area (Å²) in [6.45, 7) is 2.05. The quantitative estimate of drug-likeness (QED) is 0.690. The van der Waals surface area contributed by atoms with E-state index >= 15 is 0 Å². The van der Waals surface area contributed by atoms with Crippen LogP contribution in [-0.4, -0.2) is 14.4 Å². The van der Waals surface area contributed by atoms with Gasteiger partial charge in [-0.15, -0.1) is 0 Å². The molecule has 2 heterocycles. The van der Waals surface area contributed by atoms with Gasteiger partial charge in [0.15, 0.2) is 5.82 Å². The molecule has 1 aliphatic rings. The largest absolute Gasteiger partial charge is 0.237 e. The average molecular weight is 196 g/mol. The Morgan fingerprint density at radius 1 is 1.50 bits per heavy atom. The second-order valence-electron chi connectivity index (χ2n) is 2.48. The third-order valence-corrected chi connectivity index (χ3v) is 3.80. The van der Waals surface area contributed by atoms with Gasteiger partial charge >= 0.3 is 0 Å². The number of aliphatic imine (C=N–C) groups is 1. The van der Waals surface area contributed by atoms with Gasteiger partial charge in [0.1, 0.15) is 4.38 Å². The molecule has 0 spiro atoms. The molecule has 0 amide bonds. The molecule has 1 saturated heterocycles. The lowest BCUT2D eigenvalue weighted by molar-refractivity contribution is 1.25. The highest BCUT2D eigenvalue weighted by atomic mass is 32.3. The van der Waals surface area contributed by atoms with E-state index in [1.807, 2.05) is 19.1 Å². The van der Waals surface area contributed by atoms with Crippen molar-refractivity contribution in [2.24, 2.45) is 4.99 Å². The predicted octanol–water partition coefficient (Wildman–Crippen LogP) is 2.82. The van der Waals surface area contributed by atoms with Gasteiger partial charge in [0.05, 0.1) is 5.08 Å². The maximum absolute atomic E-state index is 4.36. The van der Waals surface area contributed by atoms with Gasteiger partial charge in [-0.1, -0.05) is 23.5 Å². The van der Waals surface area contributed by atoms with Crippen LogP contribution in [0.1, 0.15) is 5.56 Å². The summed E-state index contributed by atoms with van der Waals surface area (Å²) >= 11 is 3.56. The number of hydrogen-bond donors (Lipinski definition) is 0. The fourth-order valence-electron chi connectivity index (χ4n) is 0.851. The predicted molar refractivity (Wildman–Crippen MR) is 56.1 cm³/mol. The van der Waals surface area contributed by atoms with E-state index in [0.29, 0.717) is 0 Å². The van der Waals surface area contributed by atoms with Crippen molar-refractivity contribution in [1.82, 2.24) is 4.98 Å². The molecular weight excluding hydrogens is 188 g/mol. The fraction of sp³-hybridized carbons (Fsp3) is 0.250. The first kappa shape index (κ1) is 8.13. The molecule has 0 bridgehead atoms. The molecule has 0 atom stereocenters. The van der Waals surface area contributed by atoms with Crippen LogP contribution in [0.5, 0.6) is 0 Å². The van der Waals surface area contributed by atoms with Gasteiger partial charge in [-0.3, -0.25) is 0 Å². The molecule has 4 heteroatoms. The van der Waals surface area contributed by atoms with E-state index < -0.39 is 0 Å². The molecule has 2 rings (SSSR count). The third-order valence-electron chi connectivity index (χ3n) is 1.47. The van der Waals surface area contributed by atoms with Crippen LogP contribution in [-0.2, 0) is 0 Å². The summed E-state index contributed by atoms with van der Waals surface area (Å²) in [7, 11) is 0. The fourth-order valence-corrected chi connectivity index (χ4v) is 2.06. The molecular formula is C8H8N2S2. The van der Waals surface area contributed by atoms with E-state index in [-0.39, 0.29) is 0 Å². The minimum Gasteiger partial charge on any atom is -0.237 e. The van der Waals surface area contributed by atoms with Gasteiger partial charge in [-0.25, -0.2) is 9.98 Å². The number of rotatable bonds is 1. The van der Waals surface area contributed by atoms with Crippen molar-refractivity contribution < 1.29 is 0 Å². The van der Waals surface area contributed by atoms with Crippen molar-refractivity contribution in [3.8, 4) is 0 Å². The lowest BCUT2D eigenvalue weighted by Gasteiger charge is -2.11. The van der Waals surface area contributed by atoms with E-state index in [1.54, 1.807) is 29.7 Å². The molecule has 1 fully saturated rings. The number of pyridine rings is 1. The van der Waals surface area contributed by atoms with Crippen LogP contribution < -0.4 is 0 Å². The molecule has 62 valence electrons. The van der Waals surface area contributed by atoms with Crippen LogP contribution >= 0.6 is 23.5 Å². The van der Waals surface area contributed by atoms with Crippen molar-refractivity contribution in [2.45, 2.75) is 6.92 Å².